The molecule has 34 valence electrons. The zero-order valence-corrected chi connectivity index (χ0v) is 4.26. The molecule has 0 saturated heterocycles. The molecular formula is C3H4O2P-. The minimum atomic E-state index is -1.22. The second kappa shape index (κ2) is 1.93. The fourth-order valence-corrected chi connectivity index (χ4v) is 0. The summed E-state index contributed by atoms with van der Waals surface area (Å²) in [6.45, 7) is 3.06. The molecule has 6 heavy (non-hydrogen) atoms. The van der Waals surface area contributed by atoms with Gasteiger partial charge in [0.25, 0.3) is 0 Å². The summed E-state index contributed by atoms with van der Waals surface area (Å²) in [5.74, 6) is -1.22. The van der Waals surface area contributed by atoms with Gasteiger partial charge in [-0.3, -0.25) is 0 Å². The van der Waals surface area contributed by atoms with Crippen LogP contribution >= 0.6 is 9.24 Å². The predicted octanol–water partition coefficient (Wildman–Crippen LogP) is -0.875. The summed E-state index contributed by atoms with van der Waals surface area (Å²) in [6, 6.07) is 0. The summed E-state index contributed by atoms with van der Waals surface area (Å²) in [5.41, 5.74) is 0. The SMILES string of the molecule is C=C(P)C(=O)[O-]. The second-order valence-electron chi connectivity index (χ2n) is 0.813. The number of aliphatic carboxylic acids is 1. The Morgan fingerprint density at radius 2 is 2.00 bits per heavy atom. The van der Waals surface area contributed by atoms with Crippen molar-refractivity contribution in [3.8, 4) is 0 Å². The van der Waals surface area contributed by atoms with Crippen molar-refractivity contribution < 1.29 is 9.90 Å². The third-order valence-electron chi connectivity index (χ3n) is 0.262. The van der Waals surface area contributed by atoms with Crippen molar-refractivity contribution in [1.29, 1.82) is 0 Å². The van der Waals surface area contributed by atoms with Gasteiger partial charge in [-0.15, -0.1) is 9.24 Å². The number of rotatable bonds is 1. The quantitative estimate of drug-likeness (QED) is 0.319. The first-order valence-electron chi connectivity index (χ1n) is 1.30. The van der Waals surface area contributed by atoms with E-state index in [2.05, 4.69) is 6.58 Å². The maximum Gasteiger partial charge on any atom is 0.0708 e. The molecule has 0 heterocycles. The molecule has 0 amide bonds. The Labute approximate surface area is 38.1 Å². The number of carboxylic acids is 1. The summed E-state index contributed by atoms with van der Waals surface area (Å²) in [4.78, 5) is 9.47. The van der Waals surface area contributed by atoms with Crippen LogP contribution in [0.25, 0.3) is 0 Å². The Morgan fingerprint density at radius 3 is 2.00 bits per heavy atom. The van der Waals surface area contributed by atoms with Crippen LogP contribution in [0.3, 0.4) is 0 Å². The molecule has 0 aliphatic heterocycles. The van der Waals surface area contributed by atoms with Crippen molar-refractivity contribution >= 4 is 15.2 Å². The van der Waals surface area contributed by atoms with Crippen LogP contribution in [0.15, 0.2) is 11.9 Å². The summed E-state index contributed by atoms with van der Waals surface area (Å²) in [6.07, 6.45) is 0. The maximum atomic E-state index is 9.47. The molecule has 3 heteroatoms. The van der Waals surface area contributed by atoms with E-state index in [9.17, 15) is 9.90 Å². The smallest absolute Gasteiger partial charge is 0.0708 e. The highest BCUT2D eigenvalue weighted by atomic mass is 31.0. The van der Waals surface area contributed by atoms with E-state index >= 15 is 0 Å². The fourth-order valence-electron chi connectivity index (χ4n) is 0. The molecule has 2 nitrogen and oxygen atoms in total. The van der Waals surface area contributed by atoms with Crippen molar-refractivity contribution in [2.75, 3.05) is 0 Å². The molecule has 0 aromatic rings. The molecule has 0 rings (SSSR count). The monoisotopic (exact) mass is 103 g/mol. The lowest BCUT2D eigenvalue weighted by atomic mass is 10.7. The Bertz CT molecular complexity index is 74.8. The molecule has 0 N–H and O–H groups in total. The predicted molar refractivity (Wildman–Crippen MR) is 23.9 cm³/mol. The number of carbonyl (C=O) groups is 1. The first-order chi connectivity index (χ1) is 2.64. The summed E-state index contributed by atoms with van der Waals surface area (Å²) in [7, 11) is 1.92. The average molecular weight is 103 g/mol. The third kappa shape index (κ3) is 1.91. The molecule has 0 fully saturated rings. The van der Waals surface area contributed by atoms with E-state index < -0.39 is 5.97 Å². The second-order valence-corrected chi connectivity index (χ2v) is 1.51. The van der Waals surface area contributed by atoms with Gasteiger partial charge >= 0.3 is 0 Å². The molecule has 0 aliphatic rings. The van der Waals surface area contributed by atoms with E-state index in [0.29, 0.717) is 0 Å². The molecule has 1 unspecified atom stereocenters. The first-order valence-corrected chi connectivity index (χ1v) is 1.88. The number of hydrogen-bond acceptors (Lipinski definition) is 2. The highest BCUT2D eigenvalue weighted by Crippen LogP contribution is 1.95. The van der Waals surface area contributed by atoms with Gasteiger partial charge in [0.2, 0.25) is 0 Å². The van der Waals surface area contributed by atoms with Crippen molar-refractivity contribution in [3.05, 3.63) is 11.9 Å². The first kappa shape index (κ1) is 5.64. The van der Waals surface area contributed by atoms with Crippen molar-refractivity contribution in [2.45, 2.75) is 0 Å². The lowest BCUT2D eigenvalue weighted by Gasteiger charge is -1.93. The van der Waals surface area contributed by atoms with E-state index in [1.165, 1.54) is 0 Å². The van der Waals surface area contributed by atoms with Gasteiger partial charge in [-0.25, -0.2) is 0 Å². The molecule has 0 radical (unpaired) electrons. The molecule has 0 aromatic heterocycles. The van der Waals surface area contributed by atoms with Gasteiger partial charge in [0.15, 0.2) is 0 Å². The van der Waals surface area contributed by atoms with Crippen molar-refractivity contribution in [2.24, 2.45) is 0 Å². The largest absolute Gasteiger partial charge is 0.545 e. The fraction of sp³-hybridized carbons (Fsp3) is 0. The van der Waals surface area contributed by atoms with E-state index in [1.807, 2.05) is 9.24 Å². The van der Waals surface area contributed by atoms with Gasteiger partial charge in [0.05, 0.1) is 5.97 Å². The topological polar surface area (TPSA) is 40.1 Å². The highest BCUT2D eigenvalue weighted by molar-refractivity contribution is 7.24. The van der Waals surface area contributed by atoms with Crippen LogP contribution in [0.4, 0.5) is 0 Å². The van der Waals surface area contributed by atoms with Gasteiger partial charge in [0.1, 0.15) is 0 Å². The average Bonchev–Trinajstić information content (AvgIpc) is 1.36. The van der Waals surface area contributed by atoms with Crippen molar-refractivity contribution in [1.82, 2.24) is 0 Å². The van der Waals surface area contributed by atoms with Gasteiger partial charge in [-0.1, -0.05) is 6.58 Å². The zero-order valence-electron chi connectivity index (χ0n) is 3.10. The van der Waals surface area contributed by atoms with E-state index in [1.54, 1.807) is 0 Å². The molecule has 0 aliphatic carbocycles. The highest BCUT2D eigenvalue weighted by Gasteiger charge is 1.76. The van der Waals surface area contributed by atoms with Crippen LogP contribution in [0, 0.1) is 0 Å². The Balaban J connectivity index is 3.57. The molecule has 0 saturated carbocycles. The van der Waals surface area contributed by atoms with Crippen LogP contribution in [0.5, 0.6) is 0 Å². The summed E-state index contributed by atoms with van der Waals surface area (Å²) >= 11 is 0. The van der Waals surface area contributed by atoms with Gasteiger partial charge in [-0.05, 0) is 5.31 Å². The normalized spacial score (nSPS) is 7.50. The summed E-state index contributed by atoms with van der Waals surface area (Å²) in [5, 5.41) is 9.45. The standard InChI is InChI=1S/C3H5O2P/c1-2(6)3(4)5/h1,6H2,(H,4,5)/p-1. The Hall–Kier alpha value is -0.360. The Morgan fingerprint density at radius 1 is 1.83 bits per heavy atom. The van der Waals surface area contributed by atoms with Crippen LogP contribution in [0.2, 0.25) is 0 Å². The molecule has 0 bridgehead atoms. The third-order valence-corrected chi connectivity index (χ3v) is 0.498. The zero-order chi connectivity index (χ0) is 5.15. The Kier molecular flexibility index (Phi) is 1.82. The van der Waals surface area contributed by atoms with E-state index in [-0.39, 0.29) is 5.31 Å². The van der Waals surface area contributed by atoms with E-state index in [0.717, 1.165) is 0 Å². The minimum absolute atomic E-state index is 0.0185. The lowest BCUT2D eigenvalue weighted by Crippen LogP contribution is -2.21. The van der Waals surface area contributed by atoms with Gasteiger partial charge < -0.3 is 9.90 Å². The number of hydrogen-bond donors (Lipinski definition) is 0. The van der Waals surface area contributed by atoms with Crippen LogP contribution in [0.1, 0.15) is 0 Å². The maximum absolute atomic E-state index is 9.47. The number of carboxylic acid groups (broad SMARTS) is 1. The van der Waals surface area contributed by atoms with Gasteiger partial charge in [0, 0.05) is 0 Å². The molecule has 0 aromatic carbocycles. The molecule has 1 atom stereocenters. The number of carbonyl (C=O) groups excluding carboxylic acids is 1. The van der Waals surface area contributed by atoms with Crippen LogP contribution in [-0.4, -0.2) is 5.97 Å². The lowest BCUT2D eigenvalue weighted by molar-refractivity contribution is -0.298. The van der Waals surface area contributed by atoms with Gasteiger partial charge in [-0.2, -0.15) is 0 Å². The van der Waals surface area contributed by atoms with Crippen LogP contribution in [-0.2, 0) is 4.79 Å². The molecular weight excluding hydrogens is 99.0 g/mol. The minimum Gasteiger partial charge on any atom is -0.545 e. The summed E-state index contributed by atoms with van der Waals surface area (Å²) < 4.78 is 0. The van der Waals surface area contributed by atoms with Crippen LogP contribution < -0.4 is 5.11 Å². The van der Waals surface area contributed by atoms with Crippen molar-refractivity contribution in [3.63, 3.8) is 0 Å². The van der Waals surface area contributed by atoms with E-state index in [4.69, 9.17) is 0 Å². The molecule has 0 spiro atoms.